The first-order chi connectivity index (χ1) is 12.1. The highest BCUT2D eigenvalue weighted by atomic mass is 16.3. The van der Waals surface area contributed by atoms with Gasteiger partial charge in [-0.1, -0.05) is 56.6 Å². The Hall–Kier alpha value is -1.52. The third-order valence-electron chi connectivity index (χ3n) is 4.52. The Labute approximate surface area is 151 Å². The van der Waals surface area contributed by atoms with Gasteiger partial charge >= 0.3 is 0 Å². The maximum absolute atomic E-state index is 12.0. The van der Waals surface area contributed by atoms with E-state index in [1.54, 1.807) is 12.2 Å². The second kappa shape index (κ2) is 12.8. The third-order valence-corrected chi connectivity index (χ3v) is 4.52. The maximum atomic E-state index is 12.0. The van der Waals surface area contributed by atoms with Crippen molar-refractivity contribution in [2.75, 3.05) is 6.61 Å². The summed E-state index contributed by atoms with van der Waals surface area (Å²) in [6.07, 6.45) is 17.5. The topological polar surface area (TPSA) is 74.6 Å². The number of rotatable bonds is 13. The minimum Gasteiger partial charge on any atom is -0.389 e. The number of carbonyl (C=O) groups is 2. The van der Waals surface area contributed by atoms with E-state index in [1.165, 1.54) is 0 Å². The largest absolute Gasteiger partial charge is 0.389 e. The summed E-state index contributed by atoms with van der Waals surface area (Å²) in [6, 6.07) is 0. The molecule has 0 unspecified atom stereocenters. The molecule has 4 heteroatoms. The van der Waals surface area contributed by atoms with E-state index in [0.717, 1.165) is 44.9 Å². The number of allylic oxidation sites excluding steroid dienone is 5. The van der Waals surface area contributed by atoms with E-state index in [2.05, 4.69) is 13.0 Å². The number of ketones is 2. The summed E-state index contributed by atoms with van der Waals surface area (Å²) in [5.41, 5.74) is 0. The second-order valence-electron chi connectivity index (χ2n) is 6.70. The van der Waals surface area contributed by atoms with Crippen LogP contribution in [-0.2, 0) is 9.59 Å². The fraction of sp³-hybridized carbons (Fsp3) is 0.619. The summed E-state index contributed by atoms with van der Waals surface area (Å²) in [7, 11) is 0. The molecule has 0 saturated carbocycles. The molecule has 0 aromatic rings. The minimum atomic E-state index is -0.472. The first-order valence-electron chi connectivity index (χ1n) is 9.44. The van der Waals surface area contributed by atoms with Crippen LogP contribution in [0.2, 0.25) is 0 Å². The van der Waals surface area contributed by atoms with Gasteiger partial charge in [0.25, 0.3) is 0 Å². The van der Waals surface area contributed by atoms with Crippen LogP contribution in [0, 0.1) is 11.8 Å². The third kappa shape index (κ3) is 8.94. The number of aliphatic hydroxyl groups is 2. The van der Waals surface area contributed by atoms with Crippen molar-refractivity contribution in [1.29, 1.82) is 0 Å². The zero-order valence-electron chi connectivity index (χ0n) is 15.3. The van der Waals surface area contributed by atoms with Gasteiger partial charge in [-0.05, 0) is 37.7 Å². The normalized spacial score (nSPS) is 21.6. The van der Waals surface area contributed by atoms with Gasteiger partial charge in [-0.15, -0.1) is 0 Å². The predicted octanol–water partition coefficient (Wildman–Crippen LogP) is 3.53. The average molecular weight is 348 g/mol. The van der Waals surface area contributed by atoms with Gasteiger partial charge < -0.3 is 10.2 Å². The summed E-state index contributed by atoms with van der Waals surface area (Å²) in [6.45, 7) is 1.75. The molecule has 0 fully saturated rings. The van der Waals surface area contributed by atoms with Crippen molar-refractivity contribution in [2.24, 2.45) is 11.8 Å². The van der Waals surface area contributed by atoms with Crippen LogP contribution in [0.15, 0.2) is 36.5 Å². The Morgan fingerprint density at radius 1 is 1.28 bits per heavy atom. The lowest BCUT2D eigenvalue weighted by Crippen LogP contribution is -2.14. The molecule has 1 aliphatic rings. The Morgan fingerprint density at radius 2 is 2.08 bits per heavy atom. The summed E-state index contributed by atoms with van der Waals surface area (Å²) in [4.78, 5) is 23.0. The molecule has 0 amide bonds. The monoisotopic (exact) mass is 348 g/mol. The van der Waals surface area contributed by atoms with Crippen molar-refractivity contribution in [3.05, 3.63) is 36.5 Å². The van der Waals surface area contributed by atoms with Crippen molar-refractivity contribution >= 4 is 11.6 Å². The molecular weight excluding hydrogens is 316 g/mol. The Bertz CT molecular complexity index is 490. The lowest BCUT2D eigenvalue weighted by atomic mass is 9.90. The van der Waals surface area contributed by atoms with Crippen LogP contribution in [0.1, 0.15) is 58.3 Å². The van der Waals surface area contributed by atoms with Crippen LogP contribution >= 0.6 is 0 Å². The van der Waals surface area contributed by atoms with Crippen LogP contribution < -0.4 is 0 Å². The van der Waals surface area contributed by atoms with Crippen molar-refractivity contribution in [1.82, 2.24) is 0 Å². The van der Waals surface area contributed by atoms with Crippen LogP contribution in [-0.4, -0.2) is 34.5 Å². The zero-order valence-corrected chi connectivity index (χ0v) is 15.3. The molecule has 1 aliphatic carbocycles. The molecule has 2 N–H and O–H groups in total. The van der Waals surface area contributed by atoms with Crippen molar-refractivity contribution in [3.63, 3.8) is 0 Å². The Morgan fingerprint density at radius 3 is 2.80 bits per heavy atom. The molecule has 0 aliphatic heterocycles. The summed E-state index contributed by atoms with van der Waals surface area (Å²) in [5.74, 6) is -0.0623. The highest BCUT2D eigenvalue weighted by Crippen LogP contribution is 2.27. The zero-order chi connectivity index (χ0) is 18.5. The molecule has 0 bridgehead atoms. The average Bonchev–Trinajstić information content (AvgIpc) is 2.96. The second-order valence-corrected chi connectivity index (χ2v) is 6.70. The van der Waals surface area contributed by atoms with Gasteiger partial charge in [0.15, 0.2) is 11.6 Å². The van der Waals surface area contributed by atoms with Gasteiger partial charge in [0.1, 0.15) is 6.61 Å². The SMILES string of the molecule is CCCCC[C@H](O)/C=C/[C@H]1C(=O)C=C[C@@H]1C/C=C\CCCC(=O)CO. The van der Waals surface area contributed by atoms with E-state index in [4.69, 9.17) is 5.11 Å². The number of Topliss-reactive ketones (excluding diaryl/α,β-unsaturated/α-hetero) is 1. The Kier molecular flexibility index (Phi) is 11.0. The smallest absolute Gasteiger partial charge is 0.162 e. The molecule has 0 aromatic carbocycles. The Balaban J connectivity index is 2.36. The number of hydrogen-bond donors (Lipinski definition) is 2. The van der Waals surface area contributed by atoms with Crippen molar-refractivity contribution in [3.8, 4) is 0 Å². The van der Waals surface area contributed by atoms with E-state index < -0.39 is 6.10 Å². The van der Waals surface area contributed by atoms with Crippen molar-refractivity contribution in [2.45, 2.75) is 64.4 Å². The fourth-order valence-corrected chi connectivity index (χ4v) is 2.94. The number of carbonyl (C=O) groups excluding carboxylic acids is 2. The lowest BCUT2D eigenvalue weighted by molar-refractivity contribution is -0.121. The number of unbranched alkanes of at least 4 members (excludes halogenated alkanes) is 3. The van der Waals surface area contributed by atoms with Gasteiger partial charge in [0.2, 0.25) is 0 Å². The standard InChI is InChI=1S/C21H32O4/c1-2-3-6-10-18(23)13-14-20-17(12-15-21(20)25)9-7-4-5-8-11-19(24)16-22/h4,7,12-15,17-18,20,22-23H,2-3,5-6,8-11,16H2,1H3/b7-4-,14-13+/t17-,18-,20+/m0/s1. The molecule has 4 nitrogen and oxygen atoms in total. The molecule has 140 valence electrons. The molecule has 25 heavy (non-hydrogen) atoms. The van der Waals surface area contributed by atoms with Crippen LogP contribution in [0.25, 0.3) is 0 Å². The molecule has 0 aromatic heterocycles. The molecule has 0 spiro atoms. The lowest BCUT2D eigenvalue weighted by Gasteiger charge is -2.13. The summed E-state index contributed by atoms with van der Waals surface area (Å²) in [5, 5.41) is 18.6. The highest BCUT2D eigenvalue weighted by molar-refractivity contribution is 5.95. The van der Waals surface area contributed by atoms with Gasteiger partial charge in [-0.3, -0.25) is 9.59 Å². The molecule has 0 heterocycles. The molecule has 0 saturated heterocycles. The van der Waals surface area contributed by atoms with Gasteiger partial charge in [-0.25, -0.2) is 0 Å². The summed E-state index contributed by atoms with van der Waals surface area (Å²) >= 11 is 0. The quantitative estimate of drug-likeness (QED) is 0.394. The van der Waals surface area contributed by atoms with Crippen LogP contribution in [0.5, 0.6) is 0 Å². The van der Waals surface area contributed by atoms with Gasteiger partial charge in [0.05, 0.1) is 6.10 Å². The van der Waals surface area contributed by atoms with E-state index >= 15 is 0 Å². The molecular formula is C21H32O4. The van der Waals surface area contributed by atoms with Crippen LogP contribution in [0.4, 0.5) is 0 Å². The van der Waals surface area contributed by atoms with Gasteiger partial charge in [0, 0.05) is 12.3 Å². The minimum absolute atomic E-state index is 0.101. The van der Waals surface area contributed by atoms with E-state index in [1.807, 2.05) is 18.2 Å². The van der Waals surface area contributed by atoms with E-state index in [-0.39, 0.29) is 30.0 Å². The molecule has 1 rings (SSSR count). The molecule has 0 radical (unpaired) electrons. The molecule has 3 atom stereocenters. The van der Waals surface area contributed by atoms with Crippen molar-refractivity contribution < 1.29 is 19.8 Å². The van der Waals surface area contributed by atoms with E-state index in [0.29, 0.717) is 6.42 Å². The first-order valence-corrected chi connectivity index (χ1v) is 9.44. The maximum Gasteiger partial charge on any atom is 0.162 e. The number of hydrogen-bond acceptors (Lipinski definition) is 4. The number of aliphatic hydroxyl groups excluding tert-OH is 2. The predicted molar refractivity (Wildman–Crippen MR) is 100 cm³/mol. The first kappa shape index (κ1) is 21.5. The highest BCUT2D eigenvalue weighted by Gasteiger charge is 2.26. The summed E-state index contributed by atoms with van der Waals surface area (Å²) < 4.78 is 0. The van der Waals surface area contributed by atoms with Crippen LogP contribution in [0.3, 0.4) is 0 Å². The van der Waals surface area contributed by atoms with E-state index in [9.17, 15) is 14.7 Å². The van der Waals surface area contributed by atoms with Gasteiger partial charge in [-0.2, -0.15) is 0 Å². The fourth-order valence-electron chi connectivity index (χ4n) is 2.94.